The van der Waals surface area contributed by atoms with E-state index in [1.165, 1.54) is 16.7 Å². The lowest BCUT2D eigenvalue weighted by Crippen LogP contribution is -2.37. The van der Waals surface area contributed by atoms with Crippen molar-refractivity contribution < 1.29 is 0 Å². The van der Waals surface area contributed by atoms with Gasteiger partial charge in [-0.15, -0.1) is 0 Å². The van der Waals surface area contributed by atoms with Gasteiger partial charge in [0.05, 0.1) is 6.04 Å². The molecule has 0 radical (unpaired) electrons. The first-order valence-corrected chi connectivity index (χ1v) is 9.69. The number of hydrogen-bond acceptors (Lipinski definition) is 2. The second kappa shape index (κ2) is 9.58. The van der Waals surface area contributed by atoms with Crippen LogP contribution in [0.3, 0.4) is 0 Å². The van der Waals surface area contributed by atoms with Gasteiger partial charge in [0.2, 0.25) is 0 Å². The van der Waals surface area contributed by atoms with Gasteiger partial charge in [0.1, 0.15) is 0 Å². The standard InChI is InChI=1S/C19H24N2S2/c1-15(21-19(22)20-13-6-14-23-2)16-9-11-18(12-10-16)17-7-4-3-5-8-17/h3-5,7-12,15H,6,13-14H2,1-2H3,(H2,20,21,22)/t15-/m0/s1. The smallest absolute Gasteiger partial charge is 0.166 e. The Labute approximate surface area is 149 Å². The van der Waals surface area contributed by atoms with Crippen molar-refractivity contribution in [3.8, 4) is 11.1 Å². The second-order valence-corrected chi connectivity index (χ2v) is 6.85. The van der Waals surface area contributed by atoms with Crippen LogP contribution in [0.2, 0.25) is 0 Å². The summed E-state index contributed by atoms with van der Waals surface area (Å²) in [5.41, 5.74) is 3.71. The Kier molecular flexibility index (Phi) is 7.43. The van der Waals surface area contributed by atoms with Gasteiger partial charge in [0.15, 0.2) is 5.11 Å². The molecule has 0 fully saturated rings. The minimum atomic E-state index is 0.195. The molecular formula is C19H24N2S2. The van der Waals surface area contributed by atoms with Crippen LogP contribution in [0.25, 0.3) is 11.1 Å². The molecular weight excluding hydrogens is 320 g/mol. The van der Waals surface area contributed by atoms with Crippen molar-refractivity contribution in [1.29, 1.82) is 0 Å². The molecule has 0 saturated carbocycles. The van der Waals surface area contributed by atoms with E-state index in [9.17, 15) is 0 Å². The van der Waals surface area contributed by atoms with Gasteiger partial charge in [-0.3, -0.25) is 0 Å². The highest BCUT2D eigenvalue weighted by molar-refractivity contribution is 7.98. The zero-order valence-corrected chi connectivity index (χ0v) is 15.3. The number of thioether (sulfide) groups is 1. The molecule has 4 heteroatoms. The molecule has 1 atom stereocenters. The summed E-state index contributed by atoms with van der Waals surface area (Å²) in [5, 5.41) is 7.34. The zero-order valence-electron chi connectivity index (χ0n) is 13.7. The Bertz CT molecular complexity index is 597. The van der Waals surface area contributed by atoms with E-state index in [4.69, 9.17) is 12.2 Å². The van der Waals surface area contributed by atoms with Crippen molar-refractivity contribution in [2.45, 2.75) is 19.4 Å². The molecule has 0 aliphatic carbocycles. The highest BCUT2D eigenvalue weighted by Crippen LogP contribution is 2.21. The van der Waals surface area contributed by atoms with Gasteiger partial charge in [-0.2, -0.15) is 11.8 Å². The van der Waals surface area contributed by atoms with Gasteiger partial charge in [-0.05, 0) is 54.3 Å². The van der Waals surface area contributed by atoms with Crippen molar-refractivity contribution in [3.05, 3.63) is 60.2 Å². The lowest BCUT2D eigenvalue weighted by Gasteiger charge is -2.17. The molecule has 2 aromatic rings. The SMILES string of the molecule is CSCCCNC(=S)N[C@@H](C)c1ccc(-c2ccccc2)cc1. The van der Waals surface area contributed by atoms with Gasteiger partial charge in [-0.1, -0.05) is 54.6 Å². The minimum absolute atomic E-state index is 0.195. The lowest BCUT2D eigenvalue weighted by atomic mass is 10.0. The summed E-state index contributed by atoms with van der Waals surface area (Å²) < 4.78 is 0. The van der Waals surface area contributed by atoms with Crippen molar-refractivity contribution in [2.24, 2.45) is 0 Å². The first kappa shape index (κ1) is 17.8. The largest absolute Gasteiger partial charge is 0.363 e. The maximum absolute atomic E-state index is 5.35. The van der Waals surface area contributed by atoms with Gasteiger partial charge in [-0.25, -0.2) is 0 Å². The molecule has 0 amide bonds. The molecule has 0 aliphatic heterocycles. The van der Waals surface area contributed by atoms with E-state index in [2.05, 4.69) is 72.3 Å². The fourth-order valence-corrected chi connectivity index (χ4v) is 3.06. The molecule has 0 spiro atoms. The number of thiocarbonyl (C=S) groups is 1. The van der Waals surface area contributed by atoms with Crippen LogP contribution in [0.5, 0.6) is 0 Å². The van der Waals surface area contributed by atoms with E-state index in [0.29, 0.717) is 0 Å². The molecule has 0 aromatic heterocycles. The normalized spacial score (nSPS) is 11.7. The Morgan fingerprint density at radius 1 is 1.04 bits per heavy atom. The summed E-state index contributed by atoms with van der Waals surface area (Å²) in [7, 11) is 0. The molecule has 122 valence electrons. The van der Waals surface area contributed by atoms with Crippen LogP contribution in [0.4, 0.5) is 0 Å². The first-order valence-electron chi connectivity index (χ1n) is 7.89. The van der Waals surface area contributed by atoms with Crippen LogP contribution in [0, 0.1) is 0 Å². The third kappa shape index (κ3) is 5.88. The molecule has 23 heavy (non-hydrogen) atoms. The van der Waals surface area contributed by atoms with Gasteiger partial charge < -0.3 is 10.6 Å². The Balaban J connectivity index is 1.87. The maximum atomic E-state index is 5.35. The Hall–Kier alpha value is -1.52. The summed E-state index contributed by atoms with van der Waals surface area (Å²) in [6.07, 6.45) is 3.25. The molecule has 2 aromatic carbocycles. The molecule has 2 rings (SSSR count). The number of benzene rings is 2. The molecule has 0 aliphatic rings. The van der Waals surface area contributed by atoms with Crippen LogP contribution in [-0.4, -0.2) is 23.7 Å². The van der Waals surface area contributed by atoms with Crippen LogP contribution in [0.15, 0.2) is 54.6 Å². The summed E-state index contributed by atoms with van der Waals surface area (Å²) in [5.74, 6) is 1.16. The lowest BCUT2D eigenvalue weighted by molar-refractivity contribution is 0.695. The fourth-order valence-electron chi connectivity index (χ4n) is 2.34. The van der Waals surface area contributed by atoms with Crippen molar-refractivity contribution in [2.75, 3.05) is 18.6 Å². The molecule has 2 N–H and O–H groups in total. The average molecular weight is 345 g/mol. The first-order chi connectivity index (χ1) is 11.2. The molecule has 0 heterocycles. The van der Waals surface area contributed by atoms with Crippen molar-refractivity contribution in [1.82, 2.24) is 10.6 Å². The summed E-state index contributed by atoms with van der Waals surface area (Å²) in [4.78, 5) is 0. The summed E-state index contributed by atoms with van der Waals surface area (Å²) in [6, 6.07) is 19.3. The predicted octanol–water partition coefficient (Wildman–Crippen LogP) is 4.63. The molecule has 0 saturated heterocycles. The van der Waals surface area contributed by atoms with E-state index >= 15 is 0 Å². The highest BCUT2D eigenvalue weighted by atomic mass is 32.2. The van der Waals surface area contributed by atoms with E-state index in [0.717, 1.165) is 23.8 Å². The van der Waals surface area contributed by atoms with Crippen molar-refractivity contribution in [3.63, 3.8) is 0 Å². The van der Waals surface area contributed by atoms with Crippen LogP contribution in [-0.2, 0) is 0 Å². The maximum Gasteiger partial charge on any atom is 0.166 e. The summed E-state index contributed by atoms with van der Waals surface area (Å²) >= 11 is 7.21. The van der Waals surface area contributed by atoms with Gasteiger partial charge >= 0.3 is 0 Å². The topological polar surface area (TPSA) is 24.1 Å². The fraction of sp³-hybridized carbons (Fsp3) is 0.316. The monoisotopic (exact) mass is 344 g/mol. The number of nitrogens with one attached hydrogen (secondary N) is 2. The van der Waals surface area contributed by atoms with E-state index in [1.807, 2.05) is 17.8 Å². The van der Waals surface area contributed by atoms with Gasteiger partial charge in [0.25, 0.3) is 0 Å². The van der Waals surface area contributed by atoms with E-state index < -0.39 is 0 Å². The van der Waals surface area contributed by atoms with Crippen LogP contribution in [0.1, 0.15) is 24.9 Å². The second-order valence-electron chi connectivity index (χ2n) is 5.46. The van der Waals surface area contributed by atoms with E-state index in [-0.39, 0.29) is 6.04 Å². The molecule has 2 nitrogen and oxygen atoms in total. The summed E-state index contributed by atoms with van der Waals surface area (Å²) in [6.45, 7) is 3.06. The third-order valence-electron chi connectivity index (χ3n) is 3.68. The number of hydrogen-bond donors (Lipinski definition) is 2. The van der Waals surface area contributed by atoms with Gasteiger partial charge in [0, 0.05) is 6.54 Å². The Morgan fingerprint density at radius 2 is 1.70 bits per heavy atom. The third-order valence-corrected chi connectivity index (χ3v) is 4.64. The Morgan fingerprint density at radius 3 is 2.35 bits per heavy atom. The zero-order chi connectivity index (χ0) is 16.5. The van der Waals surface area contributed by atoms with E-state index in [1.54, 1.807) is 0 Å². The van der Waals surface area contributed by atoms with Crippen LogP contribution >= 0.6 is 24.0 Å². The minimum Gasteiger partial charge on any atom is -0.363 e. The van der Waals surface area contributed by atoms with Crippen LogP contribution < -0.4 is 10.6 Å². The molecule has 0 bridgehead atoms. The number of rotatable bonds is 7. The quantitative estimate of drug-likeness (QED) is 0.565. The average Bonchev–Trinajstić information content (AvgIpc) is 2.59. The highest BCUT2D eigenvalue weighted by Gasteiger charge is 2.07. The molecule has 0 unspecified atom stereocenters. The predicted molar refractivity (Wildman–Crippen MR) is 107 cm³/mol. The van der Waals surface area contributed by atoms with Crippen molar-refractivity contribution >= 4 is 29.1 Å².